The fourth-order valence-electron chi connectivity index (χ4n) is 3.75. The van der Waals surface area contributed by atoms with Gasteiger partial charge in [0.25, 0.3) is 0 Å². The molecule has 1 aliphatic carbocycles. The summed E-state index contributed by atoms with van der Waals surface area (Å²) >= 11 is 0. The van der Waals surface area contributed by atoms with Crippen molar-refractivity contribution in [2.24, 2.45) is 5.92 Å². The van der Waals surface area contributed by atoms with Crippen LogP contribution in [0.1, 0.15) is 51.4 Å². The third-order valence-corrected chi connectivity index (χ3v) is 5.09. The Balaban J connectivity index is 1.70. The van der Waals surface area contributed by atoms with Crippen LogP contribution in [0.5, 0.6) is 0 Å². The topological polar surface area (TPSA) is 84.7 Å². The molecule has 1 aliphatic rings. The molecule has 0 radical (unpaired) electrons. The lowest BCUT2D eigenvalue weighted by atomic mass is 9.85. The zero-order valence-corrected chi connectivity index (χ0v) is 16.0. The quantitative estimate of drug-likeness (QED) is 0.860. The number of aryl methyl sites for hydroxylation is 1. The summed E-state index contributed by atoms with van der Waals surface area (Å²) in [5, 5.41) is 6.19. The number of carbonyl (C=O) groups is 1. The van der Waals surface area contributed by atoms with E-state index in [1.54, 1.807) is 13.2 Å². The summed E-state index contributed by atoms with van der Waals surface area (Å²) in [6, 6.07) is 2.55. The van der Waals surface area contributed by atoms with Crippen molar-refractivity contribution in [2.75, 3.05) is 12.4 Å². The Bertz CT molecular complexity index is 761. The molecule has 140 valence electrons. The zero-order chi connectivity index (χ0) is 18.7. The van der Waals surface area contributed by atoms with Gasteiger partial charge in [-0.05, 0) is 52.5 Å². The summed E-state index contributed by atoms with van der Waals surface area (Å²) in [7, 11) is 1.70. The van der Waals surface area contributed by atoms with Crippen molar-refractivity contribution in [3.63, 3.8) is 0 Å². The predicted octanol–water partition coefficient (Wildman–Crippen LogP) is 2.95. The smallest absolute Gasteiger partial charge is 0.223 e. The number of nitrogens with one attached hydrogen (secondary N) is 2. The SMILES string of the molecule is CNC(=O)C1CCC(Nc2nccc(-c3cnc(C)n3C(C)C)n2)CC1. The third-order valence-electron chi connectivity index (χ3n) is 5.09. The molecule has 2 N–H and O–H groups in total. The van der Waals surface area contributed by atoms with Gasteiger partial charge >= 0.3 is 0 Å². The largest absolute Gasteiger partial charge is 0.359 e. The Hall–Kier alpha value is -2.44. The molecule has 0 aromatic carbocycles. The van der Waals surface area contributed by atoms with E-state index in [1.807, 2.05) is 19.2 Å². The molecule has 1 fully saturated rings. The van der Waals surface area contributed by atoms with Gasteiger partial charge in [-0.15, -0.1) is 0 Å². The van der Waals surface area contributed by atoms with E-state index in [0.717, 1.165) is 42.9 Å². The maximum absolute atomic E-state index is 11.8. The molecule has 7 heteroatoms. The highest BCUT2D eigenvalue weighted by atomic mass is 16.1. The van der Waals surface area contributed by atoms with Gasteiger partial charge in [0.2, 0.25) is 11.9 Å². The minimum atomic E-state index is 0.133. The number of aromatic nitrogens is 4. The first-order valence-corrected chi connectivity index (χ1v) is 9.35. The standard InChI is InChI=1S/C19H28N6O/c1-12(2)25-13(3)22-11-17(25)16-9-10-21-19(24-16)23-15-7-5-14(6-8-15)18(26)20-4/h9-12,14-15H,5-8H2,1-4H3,(H,20,26)(H,21,23,24). The molecule has 0 atom stereocenters. The van der Waals surface area contributed by atoms with Crippen LogP contribution in [0, 0.1) is 12.8 Å². The fraction of sp³-hybridized carbons (Fsp3) is 0.579. The lowest BCUT2D eigenvalue weighted by molar-refractivity contribution is -0.125. The van der Waals surface area contributed by atoms with Crippen molar-refractivity contribution in [1.29, 1.82) is 0 Å². The monoisotopic (exact) mass is 356 g/mol. The lowest BCUT2D eigenvalue weighted by Crippen LogP contribution is -2.34. The second-order valence-corrected chi connectivity index (χ2v) is 7.23. The molecule has 2 heterocycles. The molecule has 0 aliphatic heterocycles. The van der Waals surface area contributed by atoms with Gasteiger partial charge < -0.3 is 15.2 Å². The molecule has 1 amide bonds. The fourth-order valence-corrected chi connectivity index (χ4v) is 3.75. The summed E-state index contributed by atoms with van der Waals surface area (Å²) in [5.41, 5.74) is 1.88. The Morgan fingerprint density at radius 3 is 2.62 bits per heavy atom. The minimum Gasteiger partial charge on any atom is -0.359 e. The lowest BCUT2D eigenvalue weighted by Gasteiger charge is -2.28. The first-order chi connectivity index (χ1) is 12.5. The predicted molar refractivity (Wildman–Crippen MR) is 102 cm³/mol. The number of amides is 1. The van der Waals surface area contributed by atoms with E-state index in [1.165, 1.54) is 0 Å². The maximum atomic E-state index is 11.8. The molecule has 26 heavy (non-hydrogen) atoms. The Kier molecular flexibility index (Phi) is 5.54. The summed E-state index contributed by atoms with van der Waals surface area (Å²) in [6.07, 6.45) is 7.36. The summed E-state index contributed by atoms with van der Waals surface area (Å²) in [4.78, 5) is 25.3. The highest BCUT2D eigenvalue weighted by Gasteiger charge is 2.26. The molecule has 1 saturated carbocycles. The van der Waals surface area contributed by atoms with Gasteiger partial charge in [0.05, 0.1) is 17.6 Å². The van der Waals surface area contributed by atoms with Gasteiger partial charge in [-0.3, -0.25) is 4.79 Å². The van der Waals surface area contributed by atoms with E-state index in [0.29, 0.717) is 18.0 Å². The zero-order valence-electron chi connectivity index (χ0n) is 16.0. The number of carbonyl (C=O) groups excluding carboxylic acids is 1. The summed E-state index contributed by atoms with van der Waals surface area (Å²) < 4.78 is 2.18. The molecule has 0 spiro atoms. The molecule has 3 rings (SSSR count). The number of rotatable bonds is 5. The van der Waals surface area contributed by atoms with Gasteiger partial charge in [-0.25, -0.2) is 15.0 Å². The molecule has 0 saturated heterocycles. The first kappa shape index (κ1) is 18.4. The minimum absolute atomic E-state index is 0.133. The van der Waals surface area contributed by atoms with Crippen LogP contribution in [0.4, 0.5) is 5.95 Å². The van der Waals surface area contributed by atoms with Crippen LogP contribution in [-0.4, -0.2) is 38.5 Å². The van der Waals surface area contributed by atoms with Crippen molar-refractivity contribution in [3.8, 4) is 11.4 Å². The maximum Gasteiger partial charge on any atom is 0.223 e. The highest BCUT2D eigenvalue weighted by molar-refractivity contribution is 5.78. The molecule has 2 aromatic heterocycles. The van der Waals surface area contributed by atoms with Gasteiger partial charge in [0, 0.05) is 31.2 Å². The third kappa shape index (κ3) is 3.86. The van der Waals surface area contributed by atoms with Crippen LogP contribution in [-0.2, 0) is 4.79 Å². The van der Waals surface area contributed by atoms with Gasteiger partial charge in [0.15, 0.2) is 0 Å². The van der Waals surface area contributed by atoms with Crippen molar-refractivity contribution in [2.45, 2.75) is 58.5 Å². The second kappa shape index (κ2) is 7.85. The number of hydrogen-bond acceptors (Lipinski definition) is 5. The molecular weight excluding hydrogens is 328 g/mol. The van der Waals surface area contributed by atoms with Crippen LogP contribution < -0.4 is 10.6 Å². The van der Waals surface area contributed by atoms with E-state index >= 15 is 0 Å². The van der Waals surface area contributed by atoms with E-state index in [9.17, 15) is 4.79 Å². The van der Waals surface area contributed by atoms with Gasteiger partial charge in [-0.1, -0.05) is 0 Å². The Morgan fingerprint density at radius 1 is 1.23 bits per heavy atom. The van der Waals surface area contributed by atoms with Gasteiger partial charge in [0.1, 0.15) is 5.82 Å². The Morgan fingerprint density at radius 2 is 1.96 bits per heavy atom. The van der Waals surface area contributed by atoms with E-state index in [-0.39, 0.29) is 11.8 Å². The normalized spacial score (nSPS) is 20.2. The van der Waals surface area contributed by atoms with Crippen molar-refractivity contribution in [3.05, 3.63) is 24.3 Å². The Labute approximate surface area is 154 Å². The van der Waals surface area contributed by atoms with Crippen LogP contribution in [0.25, 0.3) is 11.4 Å². The number of anilines is 1. The molecular formula is C19H28N6O. The average Bonchev–Trinajstić information content (AvgIpc) is 3.04. The van der Waals surface area contributed by atoms with Crippen molar-refractivity contribution < 1.29 is 4.79 Å². The van der Waals surface area contributed by atoms with Crippen LogP contribution in [0.15, 0.2) is 18.5 Å². The van der Waals surface area contributed by atoms with E-state index < -0.39 is 0 Å². The van der Waals surface area contributed by atoms with Crippen molar-refractivity contribution >= 4 is 11.9 Å². The summed E-state index contributed by atoms with van der Waals surface area (Å²) in [5.74, 6) is 1.91. The van der Waals surface area contributed by atoms with Crippen molar-refractivity contribution in [1.82, 2.24) is 24.8 Å². The molecule has 0 bridgehead atoms. The van der Waals surface area contributed by atoms with Crippen LogP contribution in [0.3, 0.4) is 0 Å². The van der Waals surface area contributed by atoms with Gasteiger partial charge in [-0.2, -0.15) is 0 Å². The van der Waals surface area contributed by atoms with E-state index in [4.69, 9.17) is 4.98 Å². The highest BCUT2D eigenvalue weighted by Crippen LogP contribution is 2.27. The first-order valence-electron chi connectivity index (χ1n) is 9.35. The molecule has 2 aromatic rings. The number of nitrogens with zero attached hydrogens (tertiary/aromatic N) is 4. The molecule has 0 unspecified atom stereocenters. The number of imidazole rings is 1. The summed E-state index contributed by atoms with van der Waals surface area (Å²) in [6.45, 7) is 6.29. The number of hydrogen-bond donors (Lipinski definition) is 2. The van der Waals surface area contributed by atoms with E-state index in [2.05, 4.69) is 39.0 Å². The second-order valence-electron chi connectivity index (χ2n) is 7.23. The van der Waals surface area contributed by atoms with Crippen LogP contribution >= 0.6 is 0 Å². The average molecular weight is 356 g/mol. The van der Waals surface area contributed by atoms with Crippen LogP contribution in [0.2, 0.25) is 0 Å². The molecule has 7 nitrogen and oxygen atoms in total.